The van der Waals surface area contributed by atoms with E-state index in [0.29, 0.717) is 12.2 Å². The first-order chi connectivity index (χ1) is 9.47. The Bertz CT molecular complexity index is 464. The molecule has 0 spiro atoms. The van der Waals surface area contributed by atoms with E-state index in [4.69, 9.17) is 0 Å². The molecule has 1 saturated carbocycles. The fourth-order valence-electron chi connectivity index (χ4n) is 3.57. The lowest BCUT2D eigenvalue weighted by Crippen LogP contribution is -2.53. The number of nitrogens with zero attached hydrogens (tertiary/aromatic N) is 1. The van der Waals surface area contributed by atoms with Crippen LogP contribution in [0.3, 0.4) is 0 Å². The molecule has 20 heavy (non-hydrogen) atoms. The summed E-state index contributed by atoms with van der Waals surface area (Å²) in [5, 5.41) is 0. The summed E-state index contributed by atoms with van der Waals surface area (Å²) in [5.74, 6) is 0.402. The first kappa shape index (κ1) is 15.2. The minimum atomic E-state index is -0.229. The van der Waals surface area contributed by atoms with Gasteiger partial charge < -0.3 is 0 Å². The number of Topliss-reactive ketones (excluding diaryl/α,β-unsaturated/α-hetero) is 1. The second kappa shape index (κ2) is 6.09. The van der Waals surface area contributed by atoms with Crippen LogP contribution < -0.4 is 0 Å². The first-order valence-electron chi connectivity index (χ1n) is 7.73. The van der Waals surface area contributed by atoms with Crippen molar-refractivity contribution >= 4 is 5.78 Å². The van der Waals surface area contributed by atoms with Crippen molar-refractivity contribution in [3.63, 3.8) is 0 Å². The van der Waals surface area contributed by atoms with Gasteiger partial charge in [-0.2, -0.15) is 0 Å². The standard InChI is InChI=1S/C18H27NO/c1-14-9-8-10-15(2)16(14)13-17(20)18(19(3)4)11-6-5-7-12-18/h8-10H,5-7,11-13H2,1-4H3. The van der Waals surface area contributed by atoms with E-state index < -0.39 is 0 Å². The third-order valence-corrected chi connectivity index (χ3v) is 5.04. The van der Waals surface area contributed by atoms with Gasteiger partial charge in [0.15, 0.2) is 5.78 Å². The summed E-state index contributed by atoms with van der Waals surface area (Å²) < 4.78 is 0. The van der Waals surface area contributed by atoms with Gasteiger partial charge in [0.05, 0.1) is 5.54 Å². The molecule has 0 amide bonds. The monoisotopic (exact) mass is 273 g/mol. The summed E-state index contributed by atoms with van der Waals surface area (Å²) in [4.78, 5) is 15.2. The maximum atomic E-state index is 13.0. The van der Waals surface area contributed by atoms with E-state index in [2.05, 4.69) is 51.0 Å². The molecule has 0 aromatic heterocycles. The molecule has 1 aromatic rings. The van der Waals surface area contributed by atoms with E-state index in [-0.39, 0.29) is 5.54 Å². The Morgan fingerprint density at radius 3 is 2.15 bits per heavy atom. The van der Waals surface area contributed by atoms with Crippen molar-refractivity contribution in [1.29, 1.82) is 0 Å². The van der Waals surface area contributed by atoms with Gasteiger partial charge in [-0.15, -0.1) is 0 Å². The van der Waals surface area contributed by atoms with Gasteiger partial charge in [0.25, 0.3) is 0 Å². The molecular weight excluding hydrogens is 246 g/mol. The normalized spacial score (nSPS) is 18.2. The Labute approximate surface area is 123 Å². The molecule has 2 rings (SSSR count). The maximum Gasteiger partial charge on any atom is 0.157 e. The van der Waals surface area contributed by atoms with Crippen molar-refractivity contribution in [1.82, 2.24) is 4.90 Å². The van der Waals surface area contributed by atoms with E-state index in [1.54, 1.807) is 0 Å². The van der Waals surface area contributed by atoms with Crippen molar-refractivity contribution in [2.75, 3.05) is 14.1 Å². The van der Waals surface area contributed by atoms with Gasteiger partial charge in [-0.3, -0.25) is 9.69 Å². The van der Waals surface area contributed by atoms with Crippen molar-refractivity contribution in [2.45, 2.75) is 57.9 Å². The highest BCUT2D eigenvalue weighted by Gasteiger charge is 2.40. The Morgan fingerprint density at radius 1 is 1.10 bits per heavy atom. The second-order valence-electron chi connectivity index (χ2n) is 6.46. The summed E-state index contributed by atoms with van der Waals surface area (Å²) in [6.07, 6.45) is 6.24. The number of aryl methyl sites for hydroxylation is 2. The fraction of sp³-hybridized carbons (Fsp3) is 0.611. The molecule has 0 saturated heterocycles. The van der Waals surface area contributed by atoms with Gasteiger partial charge in [0.2, 0.25) is 0 Å². The lowest BCUT2D eigenvalue weighted by Gasteiger charge is -2.41. The number of hydrogen-bond donors (Lipinski definition) is 0. The fourth-order valence-corrected chi connectivity index (χ4v) is 3.57. The van der Waals surface area contributed by atoms with Crippen LogP contribution in [0.2, 0.25) is 0 Å². The summed E-state index contributed by atoms with van der Waals surface area (Å²) in [5.41, 5.74) is 3.47. The molecule has 2 nitrogen and oxygen atoms in total. The van der Waals surface area contributed by atoms with E-state index in [1.165, 1.54) is 36.0 Å². The smallest absolute Gasteiger partial charge is 0.157 e. The van der Waals surface area contributed by atoms with E-state index in [9.17, 15) is 4.79 Å². The largest absolute Gasteiger partial charge is 0.297 e. The average Bonchev–Trinajstić information content (AvgIpc) is 2.43. The first-order valence-corrected chi connectivity index (χ1v) is 7.73. The highest BCUT2D eigenvalue weighted by molar-refractivity contribution is 5.90. The predicted octanol–water partition coefficient (Wildman–Crippen LogP) is 3.68. The van der Waals surface area contributed by atoms with E-state index in [0.717, 1.165) is 12.8 Å². The predicted molar refractivity (Wildman–Crippen MR) is 84.1 cm³/mol. The summed E-state index contributed by atoms with van der Waals surface area (Å²) in [6.45, 7) is 4.22. The van der Waals surface area contributed by atoms with Crippen LogP contribution in [0.5, 0.6) is 0 Å². The van der Waals surface area contributed by atoms with Gasteiger partial charge in [-0.25, -0.2) is 0 Å². The third kappa shape index (κ3) is 2.80. The number of hydrogen-bond acceptors (Lipinski definition) is 2. The lowest BCUT2D eigenvalue weighted by molar-refractivity contribution is -0.131. The summed E-state index contributed by atoms with van der Waals surface area (Å²) >= 11 is 0. The highest BCUT2D eigenvalue weighted by Crippen LogP contribution is 2.34. The van der Waals surface area contributed by atoms with Crippen LogP contribution in [-0.2, 0) is 11.2 Å². The van der Waals surface area contributed by atoms with Crippen LogP contribution in [0.25, 0.3) is 0 Å². The Hall–Kier alpha value is -1.15. The van der Waals surface area contributed by atoms with Gasteiger partial charge in [0, 0.05) is 6.42 Å². The molecule has 1 aliphatic rings. The second-order valence-corrected chi connectivity index (χ2v) is 6.46. The number of carbonyl (C=O) groups excluding carboxylic acids is 1. The minimum absolute atomic E-state index is 0.229. The Kier molecular flexibility index (Phi) is 4.64. The quantitative estimate of drug-likeness (QED) is 0.834. The van der Waals surface area contributed by atoms with Crippen LogP contribution in [0.1, 0.15) is 48.8 Å². The Morgan fingerprint density at radius 2 is 1.65 bits per heavy atom. The lowest BCUT2D eigenvalue weighted by atomic mass is 9.75. The minimum Gasteiger partial charge on any atom is -0.297 e. The van der Waals surface area contributed by atoms with E-state index >= 15 is 0 Å². The van der Waals surface area contributed by atoms with Gasteiger partial charge in [-0.05, 0) is 57.5 Å². The molecular formula is C18H27NO. The highest BCUT2D eigenvalue weighted by atomic mass is 16.1. The van der Waals surface area contributed by atoms with Crippen LogP contribution in [0, 0.1) is 13.8 Å². The maximum absolute atomic E-state index is 13.0. The molecule has 110 valence electrons. The van der Waals surface area contributed by atoms with Crippen molar-refractivity contribution in [3.8, 4) is 0 Å². The zero-order chi connectivity index (χ0) is 14.8. The van der Waals surface area contributed by atoms with Crippen molar-refractivity contribution in [2.24, 2.45) is 0 Å². The summed E-state index contributed by atoms with van der Waals surface area (Å²) in [7, 11) is 4.13. The molecule has 2 heteroatoms. The molecule has 1 aliphatic carbocycles. The molecule has 0 bridgehead atoms. The molecule has 1 fully saturated rings. The van der Waals surface area contributed by atoms with Crippen LogP contribution >= 0.6 is 0 Å². The molecule has 1 aromatic carbocycles. The van der Waals surface area contributed by atoms with Gasteiger partial charge in [0.1, 0.15) is 0 Å². The van der Waals surface area contributed by atoms with Crippen LogP contribution in [-0.4, -0.2) is 30.3 Å². The molecule has 0 atom stereocenters. The zero-order valence-corrected chi connectivity index (χ0v) is 13.3. The van der Waals surface area contributed by atoms with Crippen LogP contribution in [0.4, 0.5) is 0 Å². The topological polar surface area (TPSA) is 20.3 Å². The molecule has 0 unspecified atom stereocenters. The number of rotatable bonds is 4. The zero-order valence-electron chi connectivity index (χ0n) is 13.3. The number of benzene rings is 1. The number of ketones is 1. The van der Waals surface area contributed by atoms with Crippen molar-refractivity contribution in [3.05, 3.63) is 34.9 Å². The number of likely N-dealkylation sites (N-methyl/N-ethyl adjacent to an activating group) is 1. The van der Waals surface area contributed by atoms with E-state index in [1.807, 2.05) is 0 Å². The summed E-state index contributed by atoms with van der Waals surface area (Å²) in [6, 6.07) is 6.29. The molecule has 0 radical (unpaired) electrons. The third-order valence-electron chi connectivity index (χ3n) is 5.04. The molecule has 0 N–H and O–H groups in total. The van der Waals surface area contributed by atoms with Crippen molar-refractivity contribution < 1.29 is 4.79 Å². The van der Waals surface area contributed by atoms with Crippen LogP contribution in [0.15, 0.2) is 18.2 Å². The molecule has 0 heterocycles. The van der Waals surface area contributed by atoms with Gasteiger partial charge >= 0.3 is 0 Å². The number of carbonyl (C=O) groups is 1. The molecule has 0 aliphatic heterocycles. The average molecular weight is 273 g/mol. The SMILES string of the molecule is Cc1cccc(C)c1CC(=O)C1(N(C)C)CCCCC1. The Balaban J connectivity index is 2.25. The van der Waals surface area contributed by atoms with Gasteiger partial charge in [-0.1, -0.05) is 37.5 Å².